The average Bonchev–Trinajstić information content (AvgIpc) is 3.18. The molecule has 8 heteroatoms. The third kappa shape index (κ3) is 3.45. The summed E-state index contributed by atoms with van der Waals surface area (Å²) in [5.74, 6) is 0.909. The van der Waals surface area contributed by atoms with Gasteiger partial charge in [0, 0.05) is 16.2 Å². The molecular weight excluding hydrogens is 323 g/mol. The molecule has 0 aliphatic heterocycles. The van der Waals surface area contributed by atoms with E-state index in [-0.39, 0.29) is 5.82 Å². The van der Waals surface area contributed by atoms with Gasteiger partial charge in [0.15, 0.2) is 0 Å². The van der Waals surface area contributed by atoms with Gasteiger partial charge in [0.05, 0.1) is 13.7 Å². The van der Waals surface area contributed by atoms with Crippen molar-refractivity contribution in [3.8, 4) is 5.75 Å². The van der Waals surface area contributed by atoms with E-state index in [0.29, 0.717) is 23.2 Å². The molecule has 1 aromatic carbocycles. The average molecular weight is 336 g/mol. The zero-order valence-corrected chi connectivity index (χ0v) is 13.4. The van der Waals surface area contributed by atoms with E-state index in [0.717, 1.165) is 5.56 Å². The molecular formula is C14H13FN4OS2. The Morgan fingerprint density at radius 1 is 1.36 bits per heavy atom. The highest BCUT2D eigenvalue weighted by Gasteiger charge is 2.11. The molecule has 0 atom stereocenters. The Morgan fingerprint density at radius 2 is 2.27 bits per heavy atom. The molecule has 0 aliphatic rings. The van der Waals surface area contributed by atoms with Crippen molar-refractivity contribution in [2.45, 2.75) is 17.5 Å². The van der Waals surface area contributed by atoms with Gasteiger partial charge in [0.2, 0.25) is 5.16 Å². The van der Waals surface area contributed by atoms with Crippen LogP contribution in [0.4, 0.5) is 4.39 Å². The van der Waals surface area contributed by atoms with Gasteiger partial charge in [-0.15, -0.1) is 16.4 Å². The second kappa shape index (κ2) is 6.89. The van der Waals surface area contributed by atoms with E-state index in [1.54, 1.807) is 29.2 Å². The van der Waals surface area contributed by atoms with Crippen molar-refractivity contribution in [1.82, 2.24) is 20.2 Å². The minimum atomic E-state index is -0.283. The summed E-state index contributed by atoms with van der Waals surface area (Å²) in [6, 6.07) is 8.51. The van der Waals surface area contributed by atoms with Gasteiger partial charge in [0.25, 0.3) is 0 Å². The molecule has 0 unspecified atom stereocenters. The highest BCUT2D eigenvalue weighted by molar-refractivity contribution is 7.98. The second-order valence-corrected chi connectivity index (χ2v) is 6.42. The van der Waals surface area contributed by atoms with Gasteiger partial charge in [0.1, 0.15) is 11.6 Å². The molecule has 0 spiro atoms. The zero-order chi connectivity index (χ0) is 15.4. The maximum Gasteiger partial charge on any atom is 0.209 e. The molecule has 2 heterocycles. The van der Waals surface area contributed by atoms with Crippen molar-refractivity contribution in [1.29, 1.82) is 0 Å². The number of methoxy groups -OCH3 is 1. The number of aromatic nitrogens is 4. The van der Waals surface area contributed by atoms with E-state index in [4.69, 9.17) is 4.74 Å². The normalized spacial score (nSPS) is 10.8. The number of thiophene rings is 1. The first-order valence-corrected chi connectivity index (χ1v) is 8.36. The predicted molar refractivity (Wildman–Crippen MR) is 83.8 cm³/mol. The number of ether oxygens (including phenoxy) is 1. The van der Waals surface area contributed by atoms with Crippen LogP contribution >= 0.6 is 23.1 Å². The van der Waals surface area contributed by atoms with Gasteiger partial charge in [-0.25, -0.2) is 9.07 Å². The maximum atomic E-state index is 13.4. The molecule has 114 valence electrons. The molecule has 0 bridgehead atoms. The third-order valence-corrected chi connectivity index (χ3v) is 4.85. The maximum absolute atomic E-state index is 13.4. The first-order valence-electron chi connectivity index (χ1n) is 6.50. The summed E-state index contributed by atoms with van der Waals surface area (Å²) >= 11 is 3.11. The fourth-order valence-corrected chi connectivity index (χ4v) is 3.49. The summed E-state index contributed by atoms with van der Waals surface area (Å²) in [4.78, 5) is 1.18. The van der Waals surface area contributed by atoms with Crippen molar-refractivity contribution in [2.75, 3.05) is 7.11 Å². The van der Waals surface area contributed by atoms with Crippen LogP contribution in [0.5, 0.6) is 5.75 Å². The van der Waals surface area contributed by atoms with Crippen molar-refractivity contribution < 1.29 is 9.13 Å². The Hall–Kier alpha value is -1.93. The number of halogens is 1. The van der Waals surface area contributed by atoms with Gasteiger partial charge < -0.3 is 4.74 Å². The van der Waals surface area contributed by atoms with Crippen LogP contribution in [0.2, 0.25) is 0 Å². The predicted octanol–water partition coefficient (Wildman–Crippen LogP) is 3.22. The van der Waals surface area contributed by atoms with Gasteiger partial charge in [-0.05, 0) is 40.1 Å². The van der Waals surface area contributed by atoms with Crippen molar-refractivity contribution in [3.63, 3.8) is 0 Å². The van der Waals surface area contributed by atoms with Crippen LogP contribution in [0.25, 0.3) is 0 Å². The molecule has 0 saturated carbocycles. The van der Waals surface area contributed by atoms with Gasteiger partial charge in [-0.2, -0.15) is 0 Å². The van der Waals surface area contributed by atoms with Crippen LogP contribution in [0.3, 0.4) is 0 Å². The van der Waals surface area contributed by atoms with E-state index in [1.165, 1.54) is 28.8 Å². The number of hydrogen-bond acceptors (Lipinski definition) is 6. The lowest BCUT2D eigenvalue weighted by molar-refractivity contribution is 0.410. The molecule has 3 rings (SSSR count). The lowest BCUT2D eigenvalue weighted by atomic mass is 10.2. The largest absolute Gasteiger partial charge is 0.496 e. The number of tetrazole rings is 1. The number of benzene rings is 1. The van der Waals surface area contributed by atoms with Crippen LogP contribution < -0.4 is 4.74 Å². The van der Waals surface area contributed by atoms with E-state index < -0.39 is 0 Å². The summed E-state index contributed by atoms with van der Waals surface area (Å²) in [6.45, 7) is 0.632. The molecule has 0 saturated heterocycles. The molecule has 22 heavy (non-hydrogen) atoms. The summed E-state index contributed by atoms with van der Waals surface area (Å²) in [6.07, 6.45) is 0. The monoisotopic (exact) mass is 336 g/mol. The van der Waals surface area contributed by atoms with Crippen LogP contribution in [0, 0.1) is 5.82 Å². The minimum absolute atomic E-state index is 0.283. The molecule has 0 amide bonds. The van der Waals surface area contributed by atoms with Crippen molar-refractivity contribution in [3.05, 3.63) is 52.0 Å². The van der Waals surface area contributed by atoms with Gasteiger partial charge in [-0.1, -0.05) is 17.8 Å². The number of hydrogen-bond donors (Lipinski definition) is 0. The lowest BCUT2D eigenvalue weighted by Crippen LogP contribution is -2.02. The minimum Gasteiger partial charge on any atom is -0.496 e. The summed E-state index contributed by atoms with van der Waals surface area (Å²) in [7, 11) is 1.57. The molecule has 5 nitrogen and oxygen atoms in total. The summed E-state index contributed by atoms with van der Waals surface area (Å²) in [5.41, 5.74) is 0.776. The van der Waals surface area contributed by atoms with Crippen molar-refractivity contribution >= 4 is 23.1 Å². The first kappa shape index (κ1) is 15.0. The van der Waals surface area contributed by atoms with Crippen LogP contribution in [0.1, 0.15) is 10.4 Å². The fraction of sp³-hybridized carbons (Fsp3) is 0.214. The highest BCUT2D eigenvalue weighted by atomic mass is 32.2. The Bertz CT molecular complexity index is 745. The Balaban J connectivity index is 1.72. The SMILES string of the molecule is COc1ccc(F)cc1CSc1nnnn1Cc1cccs1. The quantitative estimate of drug-likeness (QED) is 0.647. The first-order chi connectivity index (χ1) is 10.8. The molecule has 0 radical (unpaired) electrons. The van der Waals surface area contributed by atoms with Crippen LogP contribution in [-0.4, -0.2) is 27.3 Å². The molecule has 3 aromatic rings. The van der Waals surface area contributed by atoms with E-state index in [9.17, 15) is 4.39 Å². The zero-order valence-electron chi connectivity index (χ0n) is 11.8. The van der Waals surface area contributed by atoms with Crippen LogP contribution in [0.15, 0.2) is 40.9 Å². The van der Waals surface area contributed by atoms with E-state index >= 15 is 0 Å². The van der Waals surface area contributed by atoms with Crippen LogP contribution in [-0.2, 0) is 12.3 Å². The number of nitrogens with zero attached hydrogens (tertiary/aromatic N) is 4. The molecule has 2 aromatic heterocycles. The fourth-order valence-electron chi connectivity index (χ4n) is 1.95. The Kier molecular flexibility index (Phi) is 4.69. The van der Waals surface area contributed by atoms with Gasteiger partial charge in [-0.3, -0.25) is 0 Å². The molecule has 0 aliphatic carbocycles. The summed E-state index contributed by atoms with van der Waals surface area (Å²) < 4.78 is 20.4. The second-order valence-electron chi connectivity index (χ2n) is 4.44. The van der Waals surface area contributed by atoms with E-state index in [1.807, 2.05) is 17.5 Å². The Morgan fingerprint density at radius 3 is 3.05 bits per heavy atom. The summed E-state index contributed by atoms with van der Waals surface area (Å²) in [5, 5.41) is 14.5. The number of rotatable bonds is 6. The van der Waals surface area contributed by atoms with E-state index in [2.05, 4.69) is 15.5 Å². The highest BCUT2D eigenvalue weighted by Crippen LogP contribution is 2.27. The topological polar surface area (TPSA) is 52.8 Å². The smallest absolute Gasteiger partial charge is 0.209 e. The van der Waals surface area contributed by atoms with Gasteiger partial charge >= 0.3 is 0 Å². The standard InChI is InChI=1S/C14H13FN4OS2/c1-20-13-5-4-11(15)7-10(13)9-22-14-16-17-18-19(14)8-12-3-2-6-21-12/h2-7H,8-9H2,1H3. The number of thioether (sulfide) groups is 1. The molecule has 0 N–H and O–H groups in total. The third-order valence-electron chi connectivity index (χ3n) is 2.98. The molecule has 0 fully saturated rings. The Labute approximate surface area is 135 Å². The lowest BCUT2D eigenvalue weighted by Gasteiger charge is -2.08. The van der Waals surface area contributed by atoms with Crippen molar-refractivity contribution in [2.24, 2.45) is 0 Å².